The van der Waals surface area contributed by atoms with Crippen LogP contribution in [-0.4, -0.2) is 29.8 Å². The lowest BCUT2D eigenvalue weighted by atomic mass is 10.1. The number of methoxy groups -OCH3 is 1. The summed E-state index contributed by atoms with van der Waals surface area (Å²) in [5.41, 5.74) is 2.70. The van der Waals surface area contributed by atoms with E-state index >= 15 is 0 Å². The normalized spacial score (nSPS) is 12.4. The minimum atomic E-state index is -0.0904. The predicted molar refractivity (Wildman–Crippen MR) is 105 cm³/mol. The number of fused-ring (bicyclic) bond motifs is 1. The molecule has 0 saturated heterocycles. The summed E-state index contributed by atoms with van der Waals surface area (Å²) >= 11 is 0. The Kier molecular flexibility index (Phi) is 5.81. The third-order valence-corrected chi connectivity index (χ3v) is 4.56. The highest BCUT2D eigenvalue weighted by atomic mass is 16.5. The minimum Gasteiger partial charge on any atom is -0.383 e. The predicted octanol–water partition coefficient (Wildman–Crippen LogP) is 3.25. The van der Waals surface area contributed by atoms with Gasteiger partial charge >= 0.3 is 0 Å². The number of ether oxygens (including phenoxy) is 1. The van der Waals surface area contributed by atoms with E-state index in [1.165, 1.54) is 0 Å². The van der Waals surface area contributed by atoms with E-state index in [0.717, 1.165) is 23.2 Å². The molecule has 0 unspecified atom stereocenters. The molecule has 1 aromatic heterocycles. The SMILES string of the molecule is CCc1ccccc1-n1c([C@H](C)NCCOC)nc2ccccc2c1=O. The number of nitrogens with one attached hydrogen (secondary N) is 1. The Morgan fingerprint density at radius 1 is 1.15 bits per heavy atom. The van der Waals surface area contributed by atoms with E-state index in [2.05, 4.69) is 18.3 Å². The molecule has 0 aliphatic carbocycles. The molecule has 0 saturated carbocycles. The average Bonchev–Trinajstić information content (AvgIpc) is 2.68. The zero-order valence-corrected chi connectivity index (χ0v) is 15.5. The monoisotopic (exact) mass is 351 g/mol. The maximum Gasteiger partial charge on any atom is 0.266 e. The molecule has 0 radical (unpaired) electrons. The van der Waals surface area contributed by atoms with Crippen molar-refractivity contribution in [1.82, 2.24) is 14.9 Å². The van der Waals surface area contributed by atoms with Crippen LogP contribution in [0.4, 0.5) is 0 Å². The van der Waals surface area contributed by atoms with Crippen LogP contribution in [0, 0.1) is 0 Å². The highest BCUT2D eigenvalue weighted by molar-refractivity contribution is 5.78. The molecule has 26 heavy (non-hydrogen) atoms. The van der Waals surface area contributed by atoms with Crippen molar-refractivity contribution < 1.29 is 4.74 Å². The Morgan fingerprint density at radius 3 is 2.65 bits per heavy atom. The molecule has 0 spiro atoms. The van der Waals surface area contributed by atoms with E-state index in [4.69, 9.17) is 9.72 Å². The first-order valence-electron chi connectivity index (χ1n) is 8.99. The maximum absolute atomic E-state index is 13.3. The van der Waals surface area contributed by atoms with Gasteiger partial charge in [0.15, 0.2) is 0 Å². The van der Waals surface area contributed by atoms with E-state index < -0.39 is 0 Å². The number of benzene rings is 2. The second-order valence-corrected chi connectivity index (χ2v) is 6.28. The summed E-state index contributed by atoms with van der Waals surface area (Å²) in [6, 6.07) is 15.4. The van der Waals surface area contributed by atoms with E-state index in [1.807, 2.05) is 49.4 Å². The van der Waals surface area contributed by atoms with Crippen LogP contribution in [0.5, 0.6) is 0 Å². The molecule has 5 nitrogen and oxygen atoms in total. The molecule has 136 valence electrons. The summed E-state index contributed by atoms with van der Waals surface area (Å²) < 4.78 is 6.88. The largest absolute Gasteiger partial charge is 0.383 e. The van der Waals surface area contributed by atoms with Gasteiger partial charge in [-0.2, -0.15) is 0 Å². The molecule has 1 atom stereocenters. The van der Waals surface area contributed by atoms with Gasteiger partial charge < -0.3 is 10.1 Å². The summed E-state index contributed by atoms with van der Waals surface area (Å²) in [6.45, 7) is 5.42. The molecule has 3 aromatic rings. The van der Waals surface area contributed by atoms with Crippen molar-refractivity contribution in [3.05, 3.63) is 70.3 Å². The zero-order chi connectivity index (χ0) is 18.5. The molecule has 0 aliphatic heterocycles. The molecule has 0 amide bonds. The summed E-state index contributed by atoms with van der Waals surface area (Å²) in [7, 11) is 1.67. The molecular formula is C21H25N3O2. The summed E-state index contributed by atoms with van der Waals surface area (Å²) in [5.74, 6) is 0.714. The second kappa shape index (κ2) is 8.25. The summed E-state index contributed by atoms with van der Waals surface area (Å²) in [4.78, 5) is 18.1. The van der Waals surface area contributed by atoms with Gasteiger partial charge in [0.2, 0.25) is 0 Å². The van der Waals surface area contributed by atoms with Crippen LogP contribution < -0.4 is 10.9 Å². The molecule has 0 fully saturated rings. The molecule has 2 aromatic carbocycles. The lowest BCUT2D eigenvalue weighted by Gasteiger charge is -2.21. The molecular weight excluding hydrogens is 326 g/mol. The molecule has 5 heteroatoms. The zero-order valence-electron chi connectivity index (χ0n) is 15.5. The van der Waals surface area contributed by atoms with Crippen LogP contribution in [0.15, 0.2) is 53.3 Å². The van der Waals surface area contributed by atoms with Gasteiger partial charge in [-0.3, -0.25) is 9.36 Å². The van der Waals surface area contributed by atoms with Crippen molar-refractivity contribution in [2.45, 2.75) is 26.3 Å². The number of nitrogens with zero attached hydrogens (tertiary/aromatic N) is 2. The van der Waals surface area contributed by atoms with Crippen LogP contribution in [0.2, 0.25) is 0 Å². The van der Waals surface area contributed by atoms with E-state index in [9.17, 15) is 4.79 Å². The van der Waals surface area contributed by atoms with Crippen molar-refractivity contribution in [3.8, 4) is 5.69 Å². The number of rotatable bonds is 7. The van der Waals surface area contributed by atoms with Crippen molar-refractivity contribution in [2.24, 2.45) is 0 Å². The Bertz CT molecular complexity index is 949. The quantitative estimate of drug-likeness (QED) is 0.664. The number of hydrogen-bond donors (Lipinski definition) is 1. The number of para-hydroxylation sites is 2. The van der Waals surface area contributed by atoms with Crippen LogP contribution >= 0.6 is 0 Å². The van der Waals surface area contributed by atoms with E-state index in [1.54, 1.807) is 11.7 Å². The third kappa shape index (κ3) is 3.54. The summed E-state index contributed by atoms with van der Waals surface area (Å²) in [6.07, 6.45) is 0.848. The molecule has 1 heterocycles. The highest BCUT2D eigenvalue weighted by Crippen LogP contribution is 2.20. The van der Waals surface area contributed by atoms with Gasteiger partial charge in [-0.25, -0.2) is 4.98 Å². The number of aromatic nitrogens is 2. The first-order chi connectivity index (χ1) is 12.7. The van der Waals surface area contributed by atoms with E-state index in [0.29, 0.717) is 24.4 Å². The highest BCUT2D eigenvalue weighted by Gasteiger charge is 2.18. The lowest BCUT2D eigenvalue weighted by Crippen LogP contribution is -2.32. The van der Waals surface area contributed by atoms with Crippen molar-refractivity contribution in [3.63, 3.8) is 0 Å². The number of hydrogen-bond acceptors (Lipinski definition) is 4. The van der Waals surface area contributed by atoms with Gasteiger partial charge in [-0.05, 0) is 37.1 Å². The van der Waals surface area contributed by atoms with E-state index in [-0.39, 0.29) is 11.6 Å². The molecule has 0 bridgehead atoms. The average molecular weight is 351 g/mol. The van der Waals surface area contributed by atoms with Crippen molar-refractivity contribution in [1.29, 1.82) is 0 Å². The Hall–Kier alpha value is -2.50. The van der Waals surface area contributed by atoms with Gasteiger partial charge in [0, 0.05) is 13.7 Å². The van der Waals surface area contributed by atoms with Gasteiger partial charge in [0.05, 0.1) is 29.2 Å². The van der Waals surface area contributed by atoms with Crippen LogP contribution in [0.25, 0.3) is 16.6 Å². The van der Waals surface area contributed by atoms with Gasteiger partial charge in [0.1, 0.15) is 5.82 Å². The molecule has 3 rings (SSSR count). The Balaban J connectivity index is 2.23. The smallest absolute Gasteiger partial charge is 0.266 e. The number of aryl methyl sites for hydroxylation is 1. The van der Waals surface area contributed by atoms with Gasteiger partial charge in [-0.15, -0.1) is 0 Å². The second-order valence-electron chi connectivity index (χ2n) is 6.28. The lowest BCUT2D eigenvalue weighted by molar-refractivity contribution is 0.196. The first-order valence-corrected chi connectivity index (χ1v) is 8.99. The topological polar surface area (TPSA) is 56.1 Å². The molecule has 1 N–H and O–H groups in total. The standard InChI is InChI=1S/C21H25N3O2/c1-4-16-9-5-8-12-19(16)24-20(15(2)22-13-14-26-3)23-18-11-7-6-10-17(18)21(24)25/h5-12,15,22H,4,13-14H2,1-3H3/t15-/m0/s1. The van der Waals surface area contributed by atoms with Gasteiger partial charge in [0.25, 0.3) is 5.56 Å². The molecule has 0 aliphatic rings. The third-order valence-electron chi connectivity index (χ3n) is 4.56. The van der Waals surface area contributed by atoms with Crippen molar-refractivity contribution in [2.75, 3.05) is 20.3 Å². The Morgan fingerprint density at radius 2 is 1.88 bits per heavy atom. The Labute approximate surface area is 153 Å². The first kappa shape index (κ1) is 18.3. The minimum absolute atomic E-state index is 0.0353. The fourth-order valence-electron chi connectivity index (χ4n) is 3.17. The van der Waals surface area contributed by atoms with Crippen LogP contribution in [0.3, 0.4) is 0 Å². The van der Waals surface area contributed by atoms with Crippen LogP contribution in [0.1, 0.15) is 31.3 Å². The van der Waals surface area contributed by atoms with Crippen molar-refractivity contribution >= 4 is 10.9 Å². The maximum atomic E-state index is 13.3. The van der Waals surface area contributed by atoms with Crippen LogP contribution in [-0.2, 0) is 11.2 Å². The fourth-order valence-corrected chi connectivity index (χ4v) is 3.17. The van der Waals surface area contributed by atoms with Gasteiger partial charge in [-0.1, -0.05) is 37.3 Å². The summed E-state index contributed by atoms with van der Waals surface area (Å²) in [5, 5.41) is 4.02. The fraction of sp³-hybridized carbons (Fsp3) is 0.333.